The Bertz CT molecular complexity index is 4060. The van der Waals surface area contributed by atoms with E-state index >= 15 is 0 Å². The molecule has 290 valence electrons. The molecule has 62 heavy (non-hydrogen) atoms. The van der Waals surface area contributed by atoms with Crippen LogP contribution in [0.4, 0.5) is 0 Å². The summed E-state index contributed by atoms with van der Waals surface area (Å²) in [6.45, 7) is 0. The van der Waals surface area contributed by atoms with Crippen molar-refractivity contribution < 1.29 is 11.0 Å². The number of aromatic nitrogens is 2. The van der Waals surface area contributed by atoms with Crippen molar-refractivity contribution in [1.82, 2.24) is 9.13 Å². The fraction of sp³-hybridized carbons (Fsp3) is 0. The third-order valence-corrected chi connectivity index (χ3v) is 11.9. The van der Waals surface area contributed by atoms with E-state index in [4.69, 9.17) is 6.85 Å². The van der Waals surface area contributed by atoms with Gasteiger partial charge >= 0.3 is 0 Å². The summed E-state index contributed by atoms with van der Waals surface area (Å²) in [5.74, 6) is 0. The Morgan fingerprint density at radius 2 is 0.919 bits per heavy atom. The first-order chi connectivity index (χ1) is 34.1. The number of benzene rings is 10. The van der Waals surface area contributed by atoms with Crippen molar-refractivity contribution in [3.63, 3.8) is 0 Å². The van der Waals surface area contributed by atoms with Crippen LogP contribution in [0.5, 0.6) is 0 Å². The fourth-order valence-electron chi connectivity index (χ4n) is 9.10. The van der Waals surface area contributed by atoms with Gasteiger partial charge in [-0.2, -0.15) is 0 Å². The summed E-state index contributed by atoms with van der Waals surface area (Å²) in [5, 5.41) is 2.68. The Balaban J connectivity index is 1.14. The molecule has 0 aliphatic rings. The van der Waals surface area contributed by atoms with Gasteiger partial charge in [-0.15, -0.1) is 0 Å². The molecule has 0 aliphatic carbocycles. The van der Waals surface area contributed by atoms with Gasteiger partial charge in [-0.25, -0.2) is 0 Å². The first kappa shape index (κ1) is 28.3. The minimum Gasteiger partial charge on any atom is -0.309 e. The molecule has 0 unspecified atom stereocenters. The minimum atomic E-state index is -0.501. The molecule has 0 saturated heterocycles. The number of para-hydroxylation sites is 1. The fourth-order valence-corrected chi connectivity index (χ4v) is 9.10. The van der Waals surface area contributed by atoms with Gasteiger partial charge in [0.15, 0.2) is 0 Å². The summed E-state index contributed by atoms with van der Waals surface area (Å²) in [6, 6.07) is 62.2. The van der Waals surface area contributed by atoms with E-state index in [0.29, 0.717) is 38.6 Å². The van der Waals surface area contributed by atoms with Crippen LogP contribution >= 0.6 is 0 Å². The maximum atomic E-state index is 10.2. The largest absolute Gasteiger partial charge is 0.309 e. The van der Waals surface area contributed by atoms with Crippen LogP contribution in [0.15, 0.2) is 242 Å². The van der Waals surface area contributed by atoms with Crippen molar-refractivity contribution in [2.75, 3.05) is 0 Å². The second kappa shape index (κ2) is 14.8. The molecule has 0 fully saturated rings. The van der Waals surface area contributed by atoms with Crippen molar-refractivity contribution in [3.8, 4) is 67.0 Å². The van der Waals surface area contributed by atoms with Gasteiger partial charge in [0.05, 0.1) is 38.7 Å². The predicted molar refractivity (Wildman–Crippen MR) is 262 cm³/mol. The zero-order valence-electron chi connectivity index (χ0n) is 41.4. The Hall–Kier alpha value is -8.20. The lowest BCUT2D eigenvalue weighted by Crippen LogP contribution is -1.98. The van der Waals surface area contributed by atoms with E-state index in [9.17, 15) is 4.11 Å². The average molecular weight is 797 g/mol. The Kier molecular flexibility index (Phi) is 6.76. The lowest BCUT2D eigenvalue weighted by atomic mass is 9.96. The predicted octanol–water partition coefficient (Wildman–Crippen LogP) is 16.2. The van der Waals surface area contributed by atoms with E-state index < -0.39 is 18.1 Å². The van der Waals surface area contributed by atoms with Crippen molar-refractivity contribution in [2.45, 2.75) is 0 Å². The third kappa shape index (κ3) is 5.96. The lowest BCUT2D eigenvalue weighted by molar-refractivity contribution is 1.18. The first-order valence-electron chi connectivity index (χ1n) is 24.7. The van der Waals surface area contributed by atoms with Crippen LogP contribution in [0.2, 0.25) is 0 Å². The van der Waals surface area contributed by atoms with E-state index in [1.54, 1.807) is 12.1 Å². The first-order valence-corrected chi connectivity index (χ1v) is 20.7. The highest BCUT2D eigenvalue weighted by molar-refractivity contribution is 6.17. The Labute approximate surface area is 372 Å². The molecule has 2 nitrogen and oxygen atoms in total. The zero-order chi connectivity index (χ0) is 47.9. The molecule has 0 N–H and O–H groups in total. The monoisotopic (exact) mass is 796 g/mol. The van der Waals surface area contributed by atoms with E-state index in [1.165, 1.54) is 0 Å². The summed E-state index contributed by atoms with van der Waals surface area (Å²) in [5.41, 5.74) is 11.9. The van der Waals surface area contributed by atoms with Crippen LogP contribution in [0.25, 0.3) is 111 Å². The van der Waals surface area contributed by atoms with Gasteiger partial charge in [0.2, 0.25) is 0 Å². The van der Waals surface area contributed by atoms with Crippen molar-refractivity contribution in [2.24, 2.45) is 0 Å². The molecule has 2 aromatic heterocycles. The molecule has 12 aromatic rings. The molecule has 0 radical (unpaired) electrons. The number of rotatable bonds is 7. The molecule has 0 spiro atoms. The van der Waals surface area contributed by atoms with Gasteiger partial charge < -0.3 is 9.13 Å². The maximum absolute atomic E-state index is 10.2. The zero-order valence-corrected chi connectivity index (χ0v) is 33.4. The number of hydrogen-bond donors (Lipinski definition) is 0. The van der Waals surface area contributed by atoms with Gasteiger partial charge in [0.1, 0.15) is 0 Å². The van der Waals surface area contributed by atoms with Gasteiger partial charge in [0, 0.05) is 32.8 Å². The molecule has 0 aliphatic heterocycles. The summed E-state index contributed by atoms with van der Waals surface area (Å²) in [7, 11) is 0. The van der Waals surface area contributed by atoms with Crippen molar-refractivity contribution in [3.05, 3.63) is 242 Å². The molecule has 12 rings (SSSR count). The molecule has 10 aromatic carbocycles. The normalized spacial score (nSPS) is 13.4. The Morgan fingerprint density at radius 1 is 0.306 bits per heavy atom. The third-order valence-electron chi connectivity index (χ3n) is 11.9. The molecule has 0 atom stereocenters. The molecule has 2 heterocycles. The van der Waals surface area contributed by atoms with Crippen LogP contribution in [0, 0.1) is 0 Å². The second-order valence-corrected chi connectivity index (χ2v) is 15.5. The number of hydrogen-bond acceptors (Lipinski definition) is 0. The lowest BCUT2D eigenvalue weighted by Gasteiger charge is -2.16. The number of nitrogens with zero attached hydrogens (tertiary/aromatic N) is 2. The maximum Gasteiger partial charge on any atom is 0.0645 e. The van der Waals surface area contributed by atoms with Gasteiger partial charge in [-0.3, -0.25) is 0 Å². The van der Waals surface area contributed by atoms with Crippen molar-refractivity contribution >= 4 is 43.6 Å². The summed E-state index contributed by atoms with van der Waals surface area (Å²) in [6.07, 6.45) is 0. The van der Waals surface area contributed by atoms with Gasteiger partial charge in [-0.05, 0) is 111 Å². The van der Waals surface area contributed by atoms with Crippen LogP contribution in [-0.2, 0) is 0 Å². The molecular formula is C60H40N2. The summed E-state index contributed by atoms with van der Waals surface area (Å²) < 4.78 is 77.9. The standard InChI is InChI=1S/C60H40N2/c1-5-17-41(18-6-1)45-25-15-26-49(37-45)61-58-36-33-48(40-54(58)60-50(28-16-30-59(60)61)43-21-9-3-10-22-43)47-32-35-57-53(39-47)51-27-13-14-29-55(51)62(57)56-34-31-46(42-19-7-2-8-20-42)38-52(56)44-23-11-4-12-24-44/h1-40H/i3D,9D,10D,21D,22D,33D,36D,40D. The topological polar surface area (TPSA) is 9.86 Å². The highest BCUT2D eigenvalue weighted by Gasteiger charge is 2.20. The van der Waals surface area contributed by atoms with Crippen LogP contribution < -0.4 is 0 Å². The van der Waals surface area contributed by atoms with Crippen LogP contribution in [0.3, 0.4) is 0 Å². The van der Waals surface area contributed by atoms with E-state index in [2.05, 4.69) is 59.2 Å². The average Bonchev–Trinajstić information content (AvgIpc) is 3.94. The summed E-state index contributed by atoms with van der Waals surface area (Å²) in [4.78, 5) is 0. The smallest absolute Gasteiger partial charge is 0.0645 e. The van der Waals surface area contributed by atoms with Crippen molar-refractivity contribution in [1.29, 1.82) is 0 Å². The summed E-state index contributed by atoms with van der Waals surface area (Å²) >= 11 is 0. The molecule has 0 amide bonds. The quantitative estimate of drug-likeness (QED) is 0.152. The van der Waals surface area contributed by atoms with E-state index in [1.807, 2.05) is 132 Å². The van der Waals surface area contributed by atoms with Crippen LogP contribution in [-0.4, -0.2) is 9.13 Å². The van der Waals surface area contributed by atoms with Crippen LogP contribution in [0.1, 0.15) is 11.0 Å². The highest BCUT2D eigenvalue weighted by atomic mass is 15.0. The molecule has 0 saturated carbocycles. The SMILES string of the molecule is [2H]c1c([2H])c([2H])c(-c2cccc3c2c2c([2H])c(-c4ccc5c(c4)c4ccccc4n5-c4ccc(-c5ccccc5)cc4-c4ccccc4)c([2H])c([2H])c2n3-c2cccc(-c3ccccc3)c2)c([2H])c1[2H]. The second-order valence-electron chi connectivity index (χ2n) is 15.5. The minimum absolute atomic E-state index is 0.00276. The highest BCUT2D eigenvalue weighted by Crippen LogP contribution is 2.43. The van der Waals surface area contributed by atoms with E-state index in [0.717, 1.165) is 60.9 Å². The van der Waals surface area contributed by atoms with Gasteiger partial charge in [0.25, 0.3) is 0 Å². The molecule has 2 heteroatoms. The van der Waals surface area contributed by atoms with E-state index in [-0.39, 0.29) is 41.3 Å². The Morgan fingerprint density at radius 3 is 1.69 bits per heavy atom. The molecule has 0 bridgehead atoms. The number of fused-ring (bicyclic) bond motifs is 6. The van der Waals surface area contributed by atoms with Gasteiger partial charge in [-0.1, -0.05) is 182 Å². The molecular weight excluding hydrogens is 749 g/mol.